The van der Waals surface area contributed by atoms with E-state index in [1.54, 1.807) is 24.3 Å². The molecule has 6 nitrogen and oxygen atoms in total. The minimum Gasteiger partial charge on any atom is -0.352 e. The van der Waals surface area contributed by atoms with Crippen LogP contribution in [0.3, 0.4) is 0 Å². The SMILES string of the molecule is CCn1ccc2cc(S(=O)(=O)N3CCC[C@@H](C(=O)NCc4ccc(Cl)cc4)C3)ccc21. The van der Waals surface area contributed by atoms with Gasteiger partial charge in [0, 0.05) is 48.3 Å². The van der Waals surface area contributed by atoms with Crippen LogP contribution >= 0.6 is 11.6 Å². The lowest BCUT2D eigenvalue weighted by atomic mass is 9.99. The summed E-state index contributed by atoms with van der Waals surface area (Å²) in [7, 11) is -3.66. The minimum absolute atomic E-state index is 0.120. The molecule has 2 aromatic carbocycles. The van der Waals surface area contributed by atoms with Gasteiger partial charge in [0.15, 0.2) is 0 Å². The van der Waals surface area contributed by atoms with Gasteiger partial charge in [0.25, 0.3) is 0 Å². The number of benzene rings is 2. The van der Waals surface area contributed by atoms with Gasteiger partial charge in [-0.05, 0) is 61.7 Å². The summed E-state index contributed by atoms with van der Waals surface area (Å²) in [6, 6.07) is 14.5. The van der Waals surface area contributed by atoms with Crippen molar-refractivity contribution in [3.05, 3.63) is 65.3 Å². The Bertz CT molecular complexity index is 1190. The molecular weight excluding hydrogens is 434 g/mol. The van der Waals surface area contributed by atoms with Crippen LogP contribution in [0, 0.1) is 5.92 Å². The predicted octanol–water partition coefficient (Wildman–Crippen LogP) is 4.03. The summed E-state index contributed by atoms with van der Waals surface area (Å²) < 4.78 is 30.0. The van der Waals surface area contributed by atoms with Gasteiger partial charge in [0.1, 0.15) is 0 Å². The van der Waals surface area contributed by atoms with Crippen molar-refractivity contribution in [2.24, 2.45) is 5.92 Å². The molecule has 0 unspecified atom stereocenters. The zero-order valence-electron chi connectivity index (χ0n) is 17.4. The molecule has 1 aliphatic rings. The number of rotatable bonds is 6. The Hall–Kier alpha value is -2.35. The van der Waals surface area contributed by atoms with Gasteiger partial charge in [0.05, 0.1) is 10.8 Å². The molecule has 0 aliphatic carbocycles. The van der Waals surface area contributed by atoms with Gasteiger partial charge >= 0.3 is 0 Å². The number of halogens is 1. The molecule has 0 radical (unpaired) electrons. The summed E-state index contributed by atoms with van der Waals surface area (Å²) in [5.74, 6) is -0.481. The molecule has 8 heteroatoms. The van der Waals surface area contributed by atoms with Crippen LogP contribution < -0.4 is 5.32 Å². The summed E-state index contributed by atoms with van der Waals surface area (Å²) in [6.07, 6.45) is 3.30. The first kappa shape index (κ1) is 21.9. The monoisotopic (exact) mass is 459 g/mol. The van der Waals surface area contributed by atoms with E-state index in [2.05, 4.69) is 16.8 Å². The first-order valence-corrected chi connectivity index (χ1v) is 12.3. The number of nitrogens with one attached hydrogen (secondary N) is 1. The van der Waals surface area contributed by atoms with Gasteiger partial charge in [-0.3, -0.25) is 4.79 Å². The Morgan fingerprint density at radius 1 is 1.16 bits per heavy atom. The lowest BCUT2D eigenvalue weighted by Crippen LogP contribution is -2.45. The highest BCUT2D eigenvalue weighted by Gasteiger charge is 2.33. The molecule has 1 aliphatic heterocycles. The average molecular weight is 460 g/mol. The van der Waals surface area contributed by atoms with Gasteiger partial charge < -0.3 is 9.88 Å². The van der Waals surface area contributed by atoms with E-state index in [4.69, 9.17) is 11.6 Å². The highest BCUT2D eigenvalue weighted by molar-refractivity contribution is 7.89. The van der Waals surface area contributed by atoms with E-state index < -0.39 is 10.0 Å². The molecule has 1 atom stereocenters. The zero-order chi connectivity index (χ0) is 22.0. The summed E-state index contributed by atoms with van der Waals surface area (Å²) in [5.41, 5.74) is 1.96. The Morgan fingerprint density at radius 3 is 2.68 bits per heavy atom. The molecule has 3 aromatic rings. The number of aryl methyl sites for hydroxylation is 1. The number of amides is 1. The second-order valence-corrected chi connectivity index (χ2v) is 10.2. The number of carbonyl (C=O) groups is 1. The van der Waals surface area contributed by atoms with E-state index in [1.165, 1.54) is 4.31 Å². The molecule has 1 amide bonds. The third kappa shape index (κ3) is 4.63. The Kier molecular flexibility index (Phi) is 6.36. The van der Waals surface area contributed by atoms with Gasteiger partial charge in [0.2, 0.25) is 15.9 Å². The van der Waals surface area contributed by atoms with Crippen molar-refractivity contribution in [1.29, 1.82) is 0 Å². The van der Waals surface area contributed by atoms with Gasteiger partial charge in [-0.25, -0.2) is 8.42 Å². The Labute approximate surface area is 187 Å². The summed E-state index contributed by atoms with van der Waals surface area (Å²) in [6.45, 7) is 3.90. The van der Waals surface area contributed by atoms with Crippen molar-refractivity contribution in [1.82, 2.24) is 14.2 Å². The average Bonchev–Trinajstić information content (AvgIpc) is 3.21. The first-order valence-electron chi connectivity index (χ1n) is 10.5. The molecule has 1 fully saturated rings. The van der Waals surface area contributed by atoms with Crippen LogP contribution in [0.1, 0.15) is 25.3 Å². The van der Waals surface area contributed by atoms with E-state index in [1.807, 2.05) is 30.5 Å². The highest BCUT2D eigenvalue weighted by Crippen LogP contribution is 2.27. The normalized spacial score (nSPS) is 17.7. The third-order valence-electron chi connectivity index (χ3n) is 5.86. The van der Waals surface area contributed by atoms with Crippen LogP contribution in [0.2, 0.25) is 5.02 Å². The quantitative estimate of drug-likeness (QED) is 0.604. The number of carbonyl (C=O) groups excluding carboxylic acids is 1. The van der Waals surface area contributed by atoms with Crippen LogP contribution in [-0.2, 0) is 27.9 Å². The smallest absolute Gasteiger partial charge is 0.243 e. The predicted molar refractivity (Wildman–Crippen MR) is 122 cm³/mol. The van der Waals surface area contributed by atoms with Crippen LogP contribution in [0.25, 0.3) is 10.9 Å². The maximum absolute atomic E-state index is 13.3. The van der Waals surface area contributed by atoms with Crippen molar-refractivity contribution in [3.63, 3.8) is 0 Å². The Balaban J connectivity index is 1.45. The molecule has 31 heavy (non-hydrogen) atoms. The zero-order valence-corrected chi connectivity index (χ0v) is 19.0. The molecular formula is C23H26ClN3O3S. The summed E-state index contributed by atoms with van der Waals surface area (Å²) >= 11 is 5.90. The number of sulfonamides is 1. The second-order valence-electron chi connectivity index (χ2n) is 7.87. The topological polar surface area (TPSA) is 71.4 Å². The third-order valence-corrected chi connectivity index (χ3v) is 7.97. The van der Waals surface area contributed by atoms with Gasteiger partial charge in [-0.15, -0.1) is 0 Å². The van der Waals surface area contributed by atoms with E-state index in [9.17, 15) is 13.2 Å². The second kappa shape index (κ2) is 9.02. The maximum Gasteiger partial charge on any atom is 0.243 e. The number of piperidine rings is 1. The van der Waals surface area contributed by atoms with E-state index in [-0.39, 0.29) is 23.3 Å². The van der Waals surface area contributed by atoms with E-state index in [0.29, 0.717) is 31.0 Å². The van der Waals surface area contributed by atoms with Gasteiger partial charge in [-0.1, -0.05) is 23.7 Å². The molecule has 4 rings (SSSR count). The van der Waals surface area contributed by atoms with E-state index >= 15 is 0 Å². The van der Waals surface area contributed by atoms with Crippen LogP contribution in [-0.4, -0.2) is 36.3 Å². The fraction of sp³-hybridized carbons (Fsp3) is 0.348. The molecule has 0 bridgehead atoms. The number of fused-ring (bicyclic) bond motifs is 1. The number of hydrogen-bond donors (Lipinski definition) is 1. The van der Waals surface area contributed by atoms with E-state index in [0.717, 1.165) is 23.0 Å². The van der Waals surface area contributed by atoms with Crippen LogP contribution in [0.5, 0.6) is 0 Å². The molecule has 164 valence electrons. The Morgan fingerprint density at radius 2 is 1.94 bits per heavy atom. The lowest BCUT2D eigenvalue weighted by Gasteiger charge is -2.31. The van der Waals surface area contributed by atoms with Crippen LogP contribution in [0.15, 0.2) is 59.6 Å². The molecule has 1 saturated heterocycles. The first-order chi connectivity index (χ1) is 14.9. The fourth-order valence-electron chi connectivity index (χ4n) is 4.07. The minimum atomic E-state index is -3.66. The molecule has 1 N–H and O–H groups in total. The maximum atomic E-state index is 13.3. The van der Waals surface area contributed by atoms with Gasteiger partial charge in [-0.2, -0.15) is 4.31 Å². The summed E-state index contributed by atoms with van der Waals surface area (Å²) in [4.78, 5) is 13.0. The van der Waals surface area contributed by atoms with Crippen molar-refractivity contribution in [2.75, 3.05) is 13.1 Å². The highest BCUT2D eigenvalue weighted by atomic mass is 35.5. The standard InChI is InChI=1S/C23H26ClN3O3S/c1-2-26-13-11-18-14-21(9-10-22(18)26)31(29,30)27-12-3-4-19(16-27)23(28)25-15-17-5-7-20(24)8-6-17/h5-11,13-14,19H,2-4,12,15-16H2,1H3,(H,25,28)/t19-/m1/s1. The molecule has 1 aromatic heterocycles. The molecule has 2 heterocycles. The largest absolute Gasteiger partial charge is 0.352 e. The molecule has 0 saturated carbocycles. The van der Waals surface area contributed by atoms with Crippen molar-refractivity contribution >= 4 is 38.4 Å². The number of aromatic nitrogens is 1. The number of hydrogen-bond acceptors (Lipinski definition) is 3. The lowest BCUT2D eigenvalue weighted by molar-refractivity contribution is -0.126. The summed E-state index contributed by atoms with van der Waals surface area (Å²) in [5, 5.41) is 4.47. The van der Waals surface area contributed by atoms with Crippen molar-refractivity contribution < 1.29 is 13.2 Å². The fourth-order valence-corrected chi connectivity index (χ4v) is 5.76. The van der Waals surface area contributed by atoms with Crippen molar-refractivity contribution in [3.8, 4) is 0 Å². The van der Waals surface area contributed by atoms with Crippen molar-refractivity contribution in [2.45, 2.75) is 37.8 Å². The molecule has 0 spiro atoms. The number of nitrogens with zero attached hydrogens (tertiary/aromatic N) is 2. The van der Waals surface area contributed by atoms with Crippen LogP contribution in [0.4, 0.5) is 0 Å².